The molecule has 0 aliphatic rings. The number of hydrogen-bond donors (Lipinski definition) is 0. The molecule has 0 saturated carbocycles. The summed E-state index contributed by atoms with van der Waals surface area (Å²) in [7, 11) is 0. The minimum Gasteiger partial charge on any atom is -0.294 e. The molecular weight excluding hydrogens is 458 g/mol. The summed E-state index contributed by atoms with van der Waals surface area (Å²) in [5.74, 6) is 0.851. The van der Waals surface area contributed by atoms with Crippen molar-refractivity contribution in [3.05, 3.63) is 143 Å². The van der Waals surface area contributed by atoms with Crippen molar-refractivity contribution in [2.75, 3.05) is 4.90 Å². The first-order chi connectivity index (χ1) is 17.8. The van der Waals surface area contributed by atoms with Crippen LogP contribution < -0.4 is 4.90 Å². The van der Waals surface area contributed by atoms with Gasteiger partial charge in [-0.05, 0) is 64.9 Å². The van der Waals surface area contributed by atoms with Crippen molar-refractivity contribution in [1.82, 2.24) is 4.98 Å². The van der Waals surface area contributed by atoms with Gasteiger partial charge in [0.05, 0.1) is 12.3 Å². The van der Waals surface area contributed by atoms with Crippen molar-refractivity contribution < 1.29 is 0 Å². The first-order valence-electron chi connectivity index (χ1n) is 11.7. The number of thiophene rings is 1. The van der Waals surface area contributed by atoms with Crippen molar-refractivity contribution in [2.45, 2.75) is 0 Å². The van der Waals surface area contributed by atoms with Crippen molar-refractivity contribution in [1.29, 1.82) is 0 Å². The number of benzene rings is 4. The maximum absolute atomic E-state index is 7.78. The number of fused-ring (bicyclic) bond motifs is 2. The van der Waals surface area contributed by atoms with Crippen molar-refractivity contribution in [2.24, 2.45) is 0 Å². The Kier molecular flexibility index (Phi) is 5.75. The predicted molar refractivity (Wildman–Crippen MR) is 153 cm³/mol. The van der Waals surface area contributed by atoms with E-state index in [1.54, 1.807) is 11.3 Å². The van der Waals surface area contributed by atoms with Gasteiger partial charge >= 0.3 is 0 Å². The van der Waals surface area contributed by atoms with E-state index in [2.05, 4.69) is 99.7 Å². The Morgan fingerprint density at radius 3 is 2.31 bits per heavy atom. The van der Waals surface area contributed by atoms with Crippen LogP contribution in [0.5, 0.6) is 0 Å². The molecule has 0 bridgehead atoms. The average molecular weight is 480 g/mol. The summed E-state index contributed by atoms with van der Waals surface area (Å²) in [5.41, 5.74) is 3.72. The van der Waals surface area contributed by atoms with E-state index in [1.165, 1.54) is 15.5 Å². The third kappa shape index (κ3) is 4.13. The monoisotopic (exact) mass is 479 g/mol. The molecule has 0 spiro atoms. The molecule has 0 fully saturated rings. The Hall–Kier alpha value is -4.72. The van der Waals surface area contributed by atoms with E-state index in [9.17, 15) is 0 Å². The van der Waals surface area contributed by atoms with Gasteiger partial charge < -0.3 is 0 Å². The molecule has 0 aliphatic carbocycles. The van der Waals surface area contributed by atoms with Crippen LogP contribution in [-0.4, -0.2) is 4.98 Å². The highest BCUT2D eigenvalue weighted by Crippen LogP contribution is 2.38. The van der Waals surface area contributed by atoms with Gasteiger partial charge in [-0.1, -0.05) is 72.8 Å². The van der Waals surface area contributed by atoms with Crippen LogP contribution in [-0.2, 0) is 0 Å². The summed E-state index contributed by atoms with van der Waals surface area (Å²) < 4.78 is 1.19. The summed E-state index contributed by atoms with van der Waals surface area (Å²) in [6.45, 7) is 7.78. The summed E-state index contributed by atoms with van der Waals surface area (Å²) >= 11 is 1.65. The zero-order valence-electron chi connectivity index (χ0n) is 19.4. The molecule has 0 saturated heterocycles. The van der Waals surface area contributed by atoms with Gasteiger partial charge in [0.25, 0.3) is 0 Å². The molecule has 2 heterocycles. The molecule has 0 unspecified atom stereocenters. The first kappa shape index (κ1) is 21.8. The van der Waals surface area contributed by atoms with Gasteiger partial charge in [-0.3, -0.25) is 4.90 Å². The number of hydrogen-bond acceptors (Lipinski definition) is 3. The summed E-state index contributed by atoms with van der Waals surface area (Å²) in [4.78, 5) is 11.7. The molecule has 4 heteroatoms. The highest BCUT2D eigenvalue weighted by atomic mass is 32.1. The number of aromatic nitrogens is 1. The summed E-state index contributed by atoms with van der Waals surface area (Å²) in [6, 6.07) is 39.4. The third-order valence-corrected chi connectivity index (χ3v) is 7.28. The van der Waals surface area contributed by atoms with Gasteiger partial charge in [0.15, 0.2) is 0 Å². The lowest BCUT2D eigenvalue weighted by Crippen LogP contribution is -2.11. The Balaban J connectivity index is 1.41. The molecule has 0 amide bonds. The highest BCUT2D eigenvalue weighted by molar-refractivity contribution is 7.20. The van der Waals surface area contributed by atoms with Crippen LogP contribution in [0.1, 0.15) is 10.4 Å². The van der Waals surface area contributed by atoms with Crippen LogP contribution in [0.4, 0.5) is 17.2 Å². The van der Waals surface area contributed by atoms with Gasteiger partial charge in [-0.25, -0.2) is 9.83 Å². The molecule has 0 N–H and O–H groups in total. The van der Waals surface area contributed by atoms with E-state index >= 15 is 0 Å². The largest absolute Gasteiger partial charge is 0.294 e. The summed E-state index contributed by atoms with van der Waals surface area (Å²) in [6.07, 6.45) is 3.78. The van der Waals surface area contributed by atoms with Crippen LogP contribution in [0.15, 0.2) is 121 Å². The lowest BCUT2D eigenvalue weighted by atomic mass is 10.1. The zero-order chi connectivity index (χ0) is 24.3. The predicted octanol–water partition coefficient (Wildman–Crippen LogP) is 9.34. The molecule has 3 nitrogen and oxygen atoms in total. The molecule has 6 aromatic rings. The molecule has 6 rings (SSSR count). The number of anilines is 3. The lowest BCUT2D eigenvalue weighted by molar-refractivity contribution is 1.19. The average Bonchev–Trinajstić information content (AvgIpc) is 3.38. The van der Waals surface area contributed by atoms with Gasteiger partial charge in [-0.2, -0.15) is 0 Å². The fourth-order valence-corrected chi connectivity index (χ4v) is 5.45. The van der Waals surface area contributed by atoms with Crippen LogP contribution >= 0.6 is 11.3 Å². The van der Waals surface area contributed by atoms with Gasteiger partial charge in [0.1, 0.15) is 5.82 Å². The van der Waals surface area contributed by atoms with Gasteiger partial charge in [0.2, 0.25) is 5.70 Å². The van der Waals surface area contributed by atoms with E-state index in [0.717, 1.165) is 33.0 Å². The van der Waals surface area contributed by atoms with Crippen molar-refractivity contribution in [3.63, 3.8) is 0 Å². The molecule has 2 aromatic heterocycles. The quantitative estimate of drug-likeness (QED) is 0.230. The maximum Gasteiger partial charge on any atom is 0.204 e. The zero-order valence-corrected chi connectivity index (χ0v) is 20.2. The normalized spacial score (nSPS) is 11.5. The number of pyridine rings is 1. The molecule has 170 valence electrons. The minimum absolute atomic E-state index is 0.652. The standard InChI is InChI=1S/C32H21N3S/c1-33-28(31-22-25-10-3-5-14-30(25)36-31)21-23-16-18-26(19-17-23)35(32-15-6-7-20-34-32)29-13-8-11-24-9-2-4-12-27(24)29/h2-22H/b28-21-. The van der Waals surface area contributed by atoms with Crippen molar-refractivity contribution >= 4 is 61.2 Å². The van der Waals surface area contributed by atoms with E-state index in [-0.39, 0.29) is 0 Å². The molecule has 0 atom stereocenters. The Labute approximate surface area is 214 Å². The fraction of sp³-hybridized carbons (Fsp3) is 0. The molecular formula is C32H21N3S. The third-order valence-electron chi connectivity index (χ3n) is 6.14. The highest BCUT2D eigenvalue weighted by Gasteiger charge is 2.16. The molecule has 0 radical (unpaired) electrons. The second kappa shape index (κ2) is 9.50. The smallest absolute Gasteiger partial charge is 0.204 e. The topological polar surface area (TPSA) is 20.5 Å². The van der Waals surface area contributed by atoms with Crippen LogP contribution in [0.2, 0.25) is 0 Å². The second-order valence-electron chi connectivity index (χ2n) is 8.40. The van der Waals surface area contributed by atoms with Crippen LogP contribution in [0.25, 0.3) is 37.5 Å². The Morgan fingerprint density at radius 2 is 1.53 bits per heavy atom. The molecule has 0 aliphatic heterocycles. The lowest BCUT2D eigenvalue weighted by Gasteiger charge is -2.25. The minimum atomic E-state index is 0.652. The maximum atomic E-state index is 7.78. The fourth-order valence-electron chi connectivity index (χ4n) is 4.43. The van der Waals surface area contributed by atoms with Crippen molar-refractivity contribution in [3.8, 4) is 0 Å². The summed E-state index contributed by atoms with van der Waals surface area (Å²) in [5, 5.41) is 3.51. The van der Waals surface area contributed by atoms with E-state index < -0.39 is 0 Å². The van der Waals surface area contributed by atoms with Gasteiger partial charge in [-0.15, -0.1) is 11.3 Å². The number of rotatable bonds is 5. The Morgan fingerprint density at radius 1 is 0.778 bits per heavy atom. The number of nitrogens with zero attached hydrogens (tertiary/aromatic N) is 3. The Bertz CT molecular complexity index is 1700. The van der Waals surface area contributed by atoms with Gasteiger partial charge in [0, 0.05) is 26.8 Å². The first-order valence-corrected chi connectivity index (χ1v) is 12.5. The second-order valence-corrected chi connectivity index (χ2v) is 9.49. The van der Waals surface area contributed by atoms with Crippen LogP contribution in [0.3, 0.4) is 0 Å². The SMILES string of the molecule is [C-]#[N+]/C(=C\c1ccc(N(c2ccccn2)c2cccc3ccccc23)cc1)c1cc2ccccc2s1. The van der Waals surface area contributed by atoms with Crippen LogP contribution in [0, 0.1) is 6.57 Å². The molecule has 4 aromatic carbocycles. The van der Waals surface area contributed by atoms with E-state index in [1.807, 2.05) is 42.6 Å². The molecule has 36 heavy (non-hydrogen) atoms. The van der Waals surface area contributed by atoms with E-state index in [4.69, 9.17) is 6.57 Å². The van der Waals surface area contributed by atoms with E-state index in [0.29, 0.717) is 5.70 Å².